The standard InChI is InChI=1S/C15H26N2O2/c1-10-3-4-13-12(8-17-6-5-16-9-17)7-14(18)19-15(13)11(10)2/h10-13,15-16H,3-9H2,1-2H3/p+1. The normalized spacial score (nSPS) is 43.9. The van der Waals surface area contributed by atoms with Crippen LogP contribution in [0.5, 0.6) is 0 Å². The van der Waals surface area contributed by atoms with Gasteiger partial charge in [-0.3, -0.25) is 9.69 Å². The molecule has 2 N–H and O–H groups in total. The van der Waals surface area contributed by atoms with Gasteiger partial charge in [0, 0.05) is 18.9 Å². The summed E-state index contributed by atoms with van der Waals surface area (Å²) in [6, 6.07) is 0. The van der Waals surface area contributed by atoms with Crippen molar-refractivity contribution in [2.45, 2.75) is 39.2 Å². The van der Waals surface area contributed by atoms with Gasteiger partial charge in [-0.15, -0.1) is 0 Å². The van der Waals surface area contributed by atoms with Crippen LogP contribution in [0.3, 0.4) is 0 Å². The van der Waals surface area contributed by atoms with E-state index < -0.39 is 0 Å². The number of carbonyl (C=O) groups excluding carboxylic acids is 1. The Bertz CT molecular complexity index is 341. The first-order valence-corrected chi connectivity index (χ1v) is 7.88. The van der Waals surface area contributed by atoms with Crippen molar-refractivity contribution < 1.29 is 14.8 Å². The summed E-state index contributed by atoms with van der Waals surface area (Å²) in [7, 11) is 0. The molecule has 1 aliphatic carbocycles. The van der Waals surface area contributed by atoms with Crippen LogP contribution in [0.4, 0.5) is 0 Å². The maximum absolute atomic E-state index is 11.9. The van der Waals surface area contributed by atoms with Gasteiger partial charge >= 0.3 is 5.97 Å². The molecule has 5 unspecified atom stereocenters. The molecule has 0 spiro atoms. The van der Waals surface area contributed by atoms with Gasteiger partial charge in [0.15, 0.2) is 0 Å². The van der Waals surface area contributed by atoms with Crippen molar-refractivity contribution in [1.82, 2.24) is 4.90 Å². The minimum Gasteiger partial charge on any atom is -0.462 e. The van der Waals surface area contributed by atoms with Crippen molar-refractivity contribution in [3.05, 3.63) is 0 Å². The summed E-state index contributed by atoms with van der Waals surface area (Å²) in [6.07, 6.45) is 3.36. The van der Waals surface area contributed by atoms with Gasteiger partial charge in [0.05, 0.1) is 13.1 Å². The largest absolute Gasteiger partial charge is 0.462 e. The number of fused-ring (bicyclic) bond motifs is 1. The highest BCUT2D eigenvalue weighted by Crippen LogP contribution is 2.43. The topological polar surface area (TPSA) is 46.2 Å². The van der Waals surface area contributed by atoms with Crippen molar-refractivity contribution >= 4 is 5.97 Å². The van der Waals surface area contributed by atoms with Crippen molar-refractivity contribution in [2.24, 2.45) is 23.7 Å². The van der Waals surface area contributed by atoms with Gasteiger partial charge in [-0.05, 0) is 30.6 Å². The second-order valence-electron chi connectivity index (χ2n) is 6.83. The van der Waals surface area contributed by atoms with E-state index in [0.717, 1.165) is 13.2 Å². The van der Waals surface area contributed by atoms with E-state index in [1.165, 1.54) is 25.9 Å². The minimum absolute atomic E-state index is 0.0374. The van der Waals surface area contributed by atoms with E-state index in [1.807, 2.05) is 0 Å². The Hall–Kier alpha value is -0.610. The van der Waals surface area contributed by atoms with E-state index in [-0.39, 0.29) is 12.1 Å². The van der Waals surface area contributed by atoms with E-state index in [4.69, 9.17) is 4.74 Å². The van der Waals surface area contributed by atoms with Gasteiger partial charge in [0.1, 0.15) is 12.8 Å². The summed E-state index contributed by atoms with van der Waals surface area (Å²) in [4.78, 5) is 14.4. The average Bonchev–Trinajstić information content (AvgIpc) is 2.87. The van der Waals surface area contributed by atoms with E-state index in [2.05, 4.69) is 24.1 Å². The predicted octanol–water partition coefficient (Wildman–Crippen LogP) is 0.437. The number of quaternary nitrogens is 1. The number of ether oxygens (including phenoxy) is 1. The first-order valence-electron chi connectivity index (χ1n) is 7.88. The van der Waals surface area contributed by atoms with E-state index in [1.54, 1.807) is 0 Å². The zero-order valence-corrected chi connectivity index (χ0v) is 12.2. The van der Waals surface area contributed by atoms with E-state index in [9.17, 15) is 4.79 Å². The summed E-state index contributed by atoms with van der Waals surface area (Å²) in [6.45, 7) is 9.14. The lowest BCUT2D eigenvalue weighted by molar-refractivity contribution is -0.643. The number of hydrogen-bond donors (Lipinski definition) is 1. The van der Waals surface area contributed by atoms with Crippen LogP contribution in [0.1, 0.15) is 33.1 Å². The third kappa shape index (κ3) is 2.65. The zero-order valence-electron chi connectivity index (χ0n) is 12.2. The fourth-order valence-electron chi connectivity index (χ4n) is 4.20. The Morgan fingerprint density at radius 1 is 1.37 bits per heavy atom. The molecule has 3 aliphatic rings. The molecule has 0 aromatic carbocycles. The number of hydrogen-bond acceptors (Lipinski definition) is 3. The Morgan fingerprint density at radius 3 is 2.95 bits per heavy atom. The average molecular weight is 267 g/mol. The van der Waals surface area contributed by atoms with Crippen molar-refractivity contribution in [3.8, 4) is 0 Å². The molecule has 108 valence electrons. The molecule has 0 aromatic rings. The van der Waals surface area contributed by atoms with Crippen LogP contribution in [0.25, 0.3) is 0 Å². The summed E-state index contributed by atoms with van der Waals surface area (Å²) in [5.74, 6) is 2.37. The smallest absolute Gasteiger partial charge is 0.306 e. The van der Waals surface area contributed by atoms with Crippen LogP contribution in [-0.2, 0) is 9.53 Å². The first-order chi connectivity index (χ1) is 9.15. The van der Waals surface area contributed by atoms with Crippen LogP contribution in [0.2, 0.25) is 0 Å². The molecular formula is C15H27N2O2+. The number of carbonyl (C=O) groups is 1. The van der Waals surface area contributed by atoms with Gasteiger partial charge in [0.2, 0.25) is 0 Å². The zero-order chi connectivity index (χ0) is 13.4. The fourth-order valence-corrected chi connectivity index (χ4v) is 4.20. The Morgan fingerprint density at radius 2 is 2.21 bits per heavy atom. The fraction of sp³-hybridized carbons (Fsp3) is 0.933. The van der Waals surface area contributed by atoms with Gasteiger partial charge in [0.25, 0.3) is 0 Å². The second-order valence-corrected chi connectivity index (χ2v) is 6.83. The Balaban J connectivity index is 1.70. The van der Waals surface area contributed by atoms with Crippen LogP contribution < -0.4 is 5.32 Å². The van der Waals surface area contributed by atoms with Gasteiger partial charge in [-0.1, -0.05) is 13.8 Å². The van der Waals surface area contributed by atoms with Crippen molar-refractivity contribution in [1.29, 1.82) is 0 Å². The molecule has 0 aromatic heterocycles. The molecule has 3 rings (SSSR count). The quantitative estimate of drug-likeness (QED) is 0.738. The molecule has 2 aliphatic heterocycles. The third-order valence-corrected chi connectivity index (χ3v) is 5.62. The van der Waals surface area contributed by atoms with Gasteiger partial charge < -0.3 is 10.1 Å². The highest BCUT2D eigenvalue weighted by atomic mass is 16.5. The number of nitrogens with two attached hydrogens (primary N) is 1. The molecule has 4 heteroatoms. The van der Waals surface area contributed by atoms with Crippen LogP contribution in [0, 0.1) is 23.7 Å². The lowest BCUT2D eigenvalue weighted by atomic mass is 9.67. The lowest BCUT2D eigenvalue weighted by Gasteiger charge is -2.46. The Labute approximate surface area is 115 Å². The van der Waals surface area contributed by atoms with Crippen LogP contribution >= 0.6 is 0 Å². The monoisotopic (exact) mass is 267 g/mol. The predicted molar refractivity (Wildman–Crippen MR) is 72.3 cm³/mol. The molecule has 19 heavy (non-hydrogen) atoms. The molecule has 1 saturated carbocycles. The minimum atomic E-state index is 0.0374. The summed E-state index contributed by atoms with van der Waals surface area (Å²) in [5.41, 5.74) is 0. The van der Waals surface area contributed by atoms with Crippen LogP contribution in [-0.4, -0.2) is 43.3 Å². The Kier molecular flexibility index (Phi) is 3.81. The molecule has 3 fully saturated rings. The van der Waals surface area contributed by atoms with Gasteiger partial charge in [-0.25, -0.2) is 0 Å². The highest BCUT2D eigenvalue weighted by Gasteiger charge is 2.45. The summed E-state index contributed by atoms with van der Waals surface area (Å²) in [5, 5.41) is 2.35. The lowest BCUT2D eigenvalue weighted by Crippen LogP contribution is -2.82. The molecule has 2 saturated heterocycles. The maximum atomic E-state index is 11.9. The maximum Gasteiger partial charge on any atom is 0.306 e. The van der Waals surface area contributed by atoms with Crippen molar-refractivity contribution in [3.63, 3.8) is 0 Å². The molecule has 2 heterocycles. The second kappa shape index (κ2) is 5.41. The number of esters is 1. The molecule has 0 amide bonds. The molecule has 0 bridgehead atoms. The van der Waals surface area contributed by atoms with E-state index >= 15 is 0 Å². The van der Waals surface area contributed by atoms with E-state index in [0.29, 0.717) is 30.1 Å². The van der Waals surface area contributed by atoms with Gasteiger partial charge in [-0.2, -0.15) is 0 Å². The van der Waals surface area contributed by atoms with Crippen molar-refractivity contribution in [2.75, 3.05) is 26.3 Å². The SMILES string of the molecule is CC1CCC2C(CN3CC[NH2+]C3)CC(=O)OC2C1C. The third-order valence-electron chi connectivity index (χ3n) is 5.62. The highest BCUT2D eigenvalue weighted by molar-refractivity contribution is 5.71. The first kappa shape index (κ1) is 13.4. The van der Waals surface area contributed by atoms with Crippen LogP contribution in [0.15, 0.2) is 0 Å². The molecule has 0 radical (unpaired) electrons. The summed E-state index contributed by atoms with van der Waals surface area (Å²) < 4.78 is 5.70. The number of rotatable bonds is 2. The summed E-state index contributed by atoms with van der Waals surface area (Å²) >= 11 is 0. The number of nitrogens with zero attached hydrogens (tertiary/aromatic N) is 1. The molecular weight excluding hydrogens is 240 g/mol. The molecule has 5 atom stereocenters. The molecule has 4 nitrogen and oxygen atoms in total.